The summed E-state index contributed by atoms with van der Waals surface area (Å²) < 4.78 is 0. The number of carbonyl (C=O) groups excluding carboxylic acids is 2. The van der Waals surface area contributed by atoms with Gasteiger partial charge in [-0.3, -0.25) is 14.8 Å². The average Bonchev–Trinajstić information content (AvgIpc) is 2.60. The number of carbonyl (C=O) groups is 2. The zero-order chi connectivity index (χ0) is 20.4. The van der Waals surface area contributed by atoms with Crippen LogP contribution in [0, 0.1) is 6.92 Å². The summed E-state index contributed by atoms with van der Waals surface area (Å²) in [4.78, 5) is 23.9. The van der Waals surface area contributed by atoms with E-state index in [1.807, 2.05) is 6.92 Å². The summed E-state index contributed by atoms with van der Waals surface area (Å²) in [6, 6.07) is 9.20. The fourth-order valence-electron chi connectivity index (χ4n) is 2.76. The lowest BCUT2D eigenvalue weighted by molar-refractivity contribution is -0.167. The number of aliphatic hydroxyl groups is 1. The van der Waals surface area contributed by atoms with Crippen molar-refractivity contribution in [1.29, 1.82) is 0 Å². The van der Waals surface area contributed by atoms with Gasteiger partial charge >= 0.3 is 5.91 Å². The van der Waals surface area contributed by atoms with E-state index in [1.165, 1.54) is 0 Å². The minimum atomic E-state index is -2.08. The second-order valence-corrected chi connectivity index (χ2v) is 6.45. The molecule has 0 bridgehead atoms. The first-order valence-corrected chi connectivity index (χ1v) is 8.07. The molecule has 0 unspecified atom stereocenters. The smallest absolute Gasteiger partial charge is 0.313 e. The van der Waals surface area contributed by atoms with Gasteiger partial charge in [-0.1, -0.05) is 29.8 Å². The molecule has 2 rings (SSSR count). The van der Waals surface area contributed by atoms with Crippen LogP contribution < -0.4 is 0 Å². The van der Waals surface area contributed by atoms with Crippen LogP contribution in [-0.2, 0) is 21.6 Å². The number of aryl methyl sites for hydroxylation is 1. The summed E-state index contributed by atoms with van der Waals surface area (Å²) in [6.45, 7) is 1.87. The van der Waals surface area contributed by atoms with E-state index in [9.17, 15) is 35.2 Å². The number of rotatable bonds is 6. The van der Waals surface area contributed by atoms with Crippen molar-refractivity contribution in [2.24, 2.45) is 0 Å². The van der Waals surface area contributed by atoms with Crippen molar-refractivity contribution in [2.45, 2.75) is 25.4 Å². The molecule has 5 N–H and O–H groups in total. The van der Waals surface area contributed by atoms with E-state index in [4.69, 9.17) is 0 Å². The van der Waals surface area contributed by atoms with Crippen molar-refractivity contribution in [3.05, 3.63) is 53.1 Å². The molecule has 2 aromatic rings. The van der Waals surface area contributed by atoms with Gasteiger partial charge in [0.15, 0.2) is 11.5 Å². The Bertz CT molecular complexity index is 861. The second kappa shape index (κ2) is 7.65. The van der Waals surface area contributed by atoms with Crippen molar-refractivity contribution in [1.82, 2.24) is 5.06 Å². The van der Waals surface area contributed by atoms with E-state index in [2.05, 4.69) is 0 Å². The number of hydroxylamine groups is 2. The van der Waals surface area contributed by atoms with Gasteiger partial charge in [0.1, 0.15) is 5.60 Å². The van der Waals surface area contributed by atoms with Crippen LogP contribution in [0.2, 0.25) is 0 Å². The summed E-state index contributed by atoms with van der Waals surface area (Å²) in [7, 11) is 0.975. The maximum absolute atomic E-state index is 12.2. The monoisotopic (exact) mass is 375 g/mol. The molecule has 0 fully saturated rings. The van der Waals surface area contributed by atoms with Crippen molar-refractivity contribution >= 4 is 11.7 Å². The second-order valence-electron chi connectivity index (χ2n) is 6.45. The number of likely N-dealkylation sites (N-methyl/N-ethyl adjacent to an activating group) is 1. The van der Waals surface area contributed by atoms with Crippen molar-refractivity contribution in [2.75, 3.05) is 7.05 Å². The van der Waals surface area contributed by atoms with E-state index in [-0.39, 0.29) is 17.0 Å². The number of phenols is 3. The molecule has 1 atom stereocenters. The first kappa shape index (κ1) is 20.2. The molecule has 0 radical (unpaired) electrons. The van der Waals surface area contributed by atoms with Crippen LogP contribution in [0.5, 0.6) is 17.2 Å². The van der Waals surface area contributed by atoms with Gasteiger partial charge in [0.25, 0.3) is 0 Å². The van der Waals surface area contributed by atoms with Gasteiger partial charge in [0, 0.05) is 25.5 Å². The van der Waals surface area contributed by atoms with E-state index in [0.29, 0.717) is 5.56 Å². The quantitative estimate of drug-likeness (QED) is 0.222. The minimum absolute atomic E-state index is 0.1000. The Morgan fingerprint density at radius 2 is 1.59 bits per heavy atom. The van der Waals surface area contributed by atoms with Gasteiger partial charge in [-0.25, -0.2) is 5.06 Å². The van der Waals surface area contributed by atoms with E-state index in [0.717, 1.165) is 24.7 Å². The fourth-order valence-corrected chi connectivity index (χ4v) is 2.76. The molecule has 0 saturated heterocycles. The molecular weight excluding hydrogens is 354 g/mol. The topological polar surface area (TPSA) is 139 Å². The predicted octanol–water partition coefficient (Wildman–Crippen LogP) is 1.35. The molecule has 0 aromatic heterocycles. The Kier molecular flexibility index (Phi) is 5.72. The number of benzene rings is 2. The van der Waals surface area contributed by atoms with Gasteiger partial charge < -0.3 is 20.4 Å². The van der Waals surface area contributed by atoms with Crippen LogP contribution in [0.15, 0.2) is 36.4 Å². The van der Waals surface area contributed by atoms with Crippen molar-refractivity contribution in [3.63, 3.8) is 0 Å². The van der Waals surface area contributed by atoms with E-state index < -0.39 is 41.0 Å². The van der Waals surface area contributed by atoms with Gasteiger partial charge in [0.05, 0.1) is 0 Å². The summed E-state index contributed by atoms with van der Waals surface area (Å²) in [5, 5.41) is 49.9. The third-order valence-corrected chi connectivity index (χ3v) is 4.23. The molecule has 0 saturated carbocycles. The number of nitrogens with zero attached hydrogens (tertiary/aromatic N) is 1. The molecule has 2 aromatic carbocycles. The number of ketones is 1. The SMILES string of the molecule is Cc1ccc(C[C@@](O)(CC(=O)C(=O)N(C)O)c2ccc(O)c(O)c2O)cc1. The maximum atomic E-state index is 12.2. The van der Waals surface area contributed by atoms with Gasteiger partial charge in [0.2, 0.25) is 11.5 Å². The molecule has 0 aliphatic heterocycles. The third kappa shape index (κ3) is 4.36. The average molecular weight is 375 g/mol. The summed E-state index contributed by atoms with van der Waals surface area (Å²) in [5.41, 5.74) is -0.735. The maximum Gasteiger partial charge on any atom is 0.313 e. The molecule has 0 heterocycles. The highest BCUT2D eigenvalue weighted by molar-refractivity contribution is 6.35. The number of amides is 1. The highest BCUT2D eigenvalue weighted by Crippen LogP contribution is 2.44. The number of phenolic OH excluding ortho intramolecular Hbond substituents is 3. The number of Topliss-reactive ketones (excluding diaryl/α,β-unsaturated/α-hetero) is 1. The van der Waals surface area contributed by atoms with Crippen molar-refractivity contribution < 1.29 is 35.2 Å². The highest BCUT2D eigenvalue weighted by atomic mass is 16.5. The molecule has 144 valence electrons. The Morgan fingerprint density at radius 3 is 2.15 bits per heavy atom. The molecular formula is C19H21NO7. The van der Waals surface area contributed by atoms with Crippen LogP contribution in [0.3, 0.4) is 0 Å². The lowest BCUT2D eigenvalue weighted by Gasteiger charge is -2.29. The molecule has 0 spiro atoms. The molecule has 0 aliphatic carbocycles. The van der Waals surface area contributed by atoms with Crippen molar-refractivity contribution in [3.8, 4) is 17.2 Å². The number of aromatic hydroxyl groups is 3. The molecule has 1 amide bonds. The lowest BCUT2D eigenvalue weighted by atomic mass is 9.82. The third-order valence-electron chi connectivity index (χ3n) is 4.23. The van der Waals surface area contributed by atoms with E-state index >= 15 is 0 Å². The van der Waals surface area contributed by atoms with Gasteiger partial charge in [-0.15, -0.1) is 0 Å². The first-order valence-electron chi connectivity index (χ1n) is 8.07. The molecule has 27 heavy (non-hydrogen) atoms. The van der Waals surface area contributed by atoms with Crippen LogP contribution in [0.4, 0.5) is 0 Å². The Labute approximate surface area is 155 Å². The van der Waals surface area contributed by atoms with Crippen LogP contribution in [0.1, 0.15) is 23.1 Å². The summed E-state index contributed by atoms with van der Waals surface area (Å²) in [6.07, 6.45) is -0.929. The first-order chi connectivity index (χ1) is 12.5. The van der Waals surface area contributed by atoms with Crippen LogP contribution in [-0.4, -0.2) is 49.4 Å². The normalized spacial score (nSPS) is 13.0. The zero-order valence-corrected chi connectivity index (χ0v) is 14.9. The van der Waals surface area contributed by atoms with Crippen LogP contribution >= 0.6 is 0 Å². The zero-order valence-electron chi connectivity index (χ0n) is 14.9. The number of hydrogen-bond donors (Lipinski definition) is 5. The summed E-state index contributed by atoms with van der Waals surface area (Å²) in [5.74, 6) is -4.59. The molecule has 0 aliphatic rings. The molecule has 8 nitrogen and oxygen atoms in total. The highest BCUT2D eigenvalue weighted by Gasteiger charge is 2.38. The summed E-state index contributed by atoms with van der Waals surface area (Å²) >= 11 is 0. The lowest BCUT2D eigenvalue weighted by Crippen LogP contribution is -2.38. The standard InChI is InChI=1S/C19H21NO7/c1-11-3-5-12(6-4-11)9-19(26,10-15(22)18(25)20(2)27)13-7-8-14(21)17(24)16(13)23/h3-8,21,23-24,26-27H,9-10H2,1-2H3/t19-/m1/s1. The minimum Gasteiger partial charge on any atom is -0.504 e. The fraction of sp³-hybridized carbons (Fsp3) is 0.263. The molecule has 8 heteroatoms. The van der Waals surface area contributed by atoms with Crippen LogP contribution in [0.25, 0.3) is 0 Å². The largest absolute Gasteiger partial charge is 0.504 e. The Balaban J connectivity index is 2.50. The van der Waals surface area contributed by atoms with Gasteiger partial charge in [-0.05, 0) is 24.6 Å². The Hall–Kier alpha value is -3.10. The van der Waals surface area contributed by atoms with E-state index in [1.54, 1.807) is 24.3 Å². The van der Waals surface area contributed by atoms with Gasteiger partial charge in [-0.2, -0.15) is 0 Å². The number of hydrogen-bond acceptors (Lipinski definition) is 7. The Morgan fingerprint density at radius 1 is 1.00 bits per heavy atom. The predicted molar refractivity (Wildman–Crippen MR) is 94.4 cm³/mol.